The molecule has 140 valence electrons. The number of benzene rings is 2. The molecule has 3 rings (SSSR count). The van der Waals surface area contributed by atoms with E-state index in [0.29, 0.717) is 11.8 Å². The SMILES string of the molecule is COCCCn1cnnc1SC(C(=O)Nc1ccccc1)c1ccccc1. The zero-order valence-corrected chi connectivity index (χ0v) is 15.9. The van der Waals surface area contributed by atoms with E-state index in [1.165, 1.54) is 11.8 Å². The summed E-state index contributed by atoms with van der Waals surface area (Å²) < 4.78 is 7.06. The minimum absolute atomic E-state index is 0.0937. The smallest absolute Gasteiger partial charge is 0.242 e. The first kappa shape index (κ1) is 19.1. The minimum Gasteiger partial charge on any atom is -0.385 e. The highest BCUT2D eigenvalue weighted by molar-refractivity contribution is 8.00. The van der Waals surface area contributed by atoms with Crippen molar-refractivity contribution in [3.05, 3.63) is 72.6 Å². The van der Waals surface area contributed by atoms with E-state index in [-0.39, 0.29) is 5.91 Å². The number of rotatable bonds is 9. The van der Waals surface area contributed by atoms with Gasteiger partial charge in [0.15, 0.2) is 5.16 Å². The van der Waals surface area contributed by atoms with E-state index >= 15 is 0 Å². The lowest BCUT2D eigenvalue weighted by atomic mass is 10.1. The van der Waals surface area contributed by atoms with E-state index in [2.05, 4.69) is 15.5 Å². The zero-order chi connectivity index (χ0) is 18.9. The fraction of sp³-hybridized carbons (Fsp3) is 0.250. The molecule has 2 aromatic carbocycles. The van der Waals surface area contributed by atoms with Gasteiger partial charge in [0.25, 0.3) is 0 Å². The second-order valence-electron chi connectivity index (χ2n) is 5.92. The van der Waals surface area contributed by atoms with E-state index in [1.54, 1.807) is 13.4 Å². The van der Waals surface area contributed by atoms with E-state index in [1.807, 2.05) is 65.2 Å². The van der Waals surface area contributed by atoms with Gasteiger partial charge in [-0.1, -0.05) is 60.3 Å². The predicted molar refractivity (Wildman–Crippen MR) is 107 cm³/mol. The third-order valence-corrected chi connectivity index (χ3v) is 5.18. The van der Waals surface area contributed by atoms with Crippen molar-refractivity contribution in [2.75, 3.05) is 19.0 Å². The monoisotopic (exact) mass is 382 g/mol. The number of nitrogens with zero attached hydrogens (tertiary/aromatic N) is 3. The second kappa shape index (κ2) is 9.89. The van der Waals surface area contributed by atoms with Crippen LogP contribution in [0.2, 0.25) is 0 Å². The standard InChI is InChI=1S/C20H22N4O2S/c1-26-14-8-13-24-15-21-23-20(24)27-18(16-9-4-2-5-10-16)19(25)22-17-11-6-3-7-12-17/h2-7,9-12,15,18H,8,13-14H2,1H3,(H,22,25). The van der Waals surface area contributed by atoms with Crippen molar-refractivity contribution >= 4 is 23.4 Å². The van der Waals surface area contributed by atoms with Crippen LogP contribution >= 0.6 is 11.8 Å². The van der Waals surface area contributed by atoms with Crippen LogP contribution < -0.4 is 5.32 Å². The summed E-state index contributed by atoms with van der Waals surface area (Å²) in [6.45, 7) is 1.41. The number of para-hydroxylation sites is 1. The molecule has 6 nitrogen and oxygen atoms in total. The molecule has 1 aromatic heterocycles. The quantitative estimate of drug-likeness (QED) is 0.450. The fourth-order valence-corrected chi connectivity index (χ4v) is 3.64. The molecular weight excluding hydrogens is 360 g/mol. The van der Waals surface area contributed by atoms with Crippen molar-refractivity contribution in [3.8, 4) is 0 Å². The average Bonchev–Trinajstić information content (AvgIpc) is 3.15. The maximum Gasteiger partial charge on any atom is 0.242 e. The molecule has 27 heavy (non-hydrogen) atoms. The molecule has 0 saturated carbocycles. The molecule has 0 spiro atoms. The highest BCUT2D eigenvalue weighted by Crippen LogP contribution is 2.35. The fourth-order valence-electron chi connectivity index (χ4n) is 2.60. The van der Waals surface area contributed by atoms with Gasteiger partial charge in [-0.3, -0.25) is 4.79 Å². The Labute approximate surface area is 163 Å². The Balaban J connectivity index is 1.79. The van der Waals surface area contributed by atoms with Gasteiger partial charge in [0.2, 0.25) is 5.91 Å². The summed E-state index contributed by atoms with van der Waals surface area (Å²) in [4.78, 5) is 13.0. The first-order valence-corrected chi connectivity index (χ1v) is 9.60. The van der Waals surface area contributed by atoms with Gasteiger partial charge in [-0.15, -0.1) is 10.2 Å². The Bertz CT molecular complexity index is 839. The number of ether oxygens (including phenoxy) is 1. The van der Waals surface area contributed by atoms with Crippen molar-refractivity contribution in [1.82, 2.24) is 14.8 Å². The lowest BCUT2D eigenvalue weighted by molar-refractivity contribution is -0.115. The minimum atomic E-state index is -0.434. The highest BCUT2D eigenvalue weighted by atomic mass is 32.2. The van der Waals surface area contributed by atoms with Gasteiger partial charge in [0.05, 0.1) is 0 Å². The maximum absolute atomic E-state index is 13.0. The van der Waals surface area contributed by atoms with Gasteiger partial charge in [-0.2, -0.15) is 0 Å². The third-order valence-electron chi connectivity index (χ3n) is 3.93. The number of hydrogen-bond donors (Lipinski definition) is 1. The van der Waals surface area contributed by atoms with Crippen molar-refractivity contribution in [3.63, 3.8) is 0 Å². The Morgan fingerprint density at radius 2 is 1.85 bits per heavy atom. The summed E-state index contributed by atoms with van der Waals surface area (Å²) in [5, 5.41) is 11.5. The highest BCUT2D eigenvalue weighted by Gasteiger charge is 2.24. The molecule has 1 unspecified atom stereocenters. The summed E-state index contributed by atoms with van der Waals surface area (Å²) in [5.41, 5.74) is 1.69. The number of aromatic nitrogens is 3. The third kappa shape index (κ3) is 5.42. The van der Waals surface area contributed by atoms with Gasteiger partial charge in [-0.05, 0) is 24.1 Å². The van der Waals surface area contributed by atoms with Crippen LogP contribution in [0, 0.1) is 0 Å². The molecule has 1 heterocycles. The molecule has 0 fully saturated rings. The largest absolute Gasteiger partial charge is 0.385 e. The molecule has 1 N–H and O–H groups in total. The molecule has 1 atom stereocenters. The maximum atomic E-state index is 13.0. The van der Waals surface area contributed by atoms with Crippen LogP contribution in [0.1, 0.15) is 17.2 Å². The Morgan fingerprint density at radius 1 is 1.15 bits per heavy atom. The Hall–Kier alpha value is -2.64. The van der Waals surface area contributed by atoms with Crippen molar-refractivity contribution in [2.24, 2.45) is 0 Å². The van der Waals surface area contributed by atoms with Crippen LogP contribution in [-0.4, -0.2) is 34.4 Å². The number of methoxy groups -OCH3 is 1. The van der Waals surface area contributed by atoms with E-state index in [0.717, 1.165) is 24.2 Å². The van der Waals surface area contributed by atoms with Gasteiger partial charge in [0.1, 0.15) is 11.6 Å². The molecule has 0 aliphatic heterocycles. The number of amides is 1. The first-order chi connectivity index (χ1) is 13.3. The molecule has 0 saturated heterocycles. The molecule has 7 heteroatoms. The molecular formula is C20H22N4O2S. The van der Waals surface area contributed by atoms with Crippen LogP contribution in [-0.2, 0) is 16.1 Å². The lowest BCUT2D eigenvalue weighted by Gasteiger charge is -2.17. The average molecular weight is 382 g/mol. The van der Waals surface area contributed by atoms with Crippen molar-refractivity contribution in [1.29, 1.82) is 0 Å². The molecule has 0 radical (unpaired) electrons. The van der Waals surface area contributed by atoms with Crippen LogP contribution in [0.25, 0.3) is 0 Å². The number of thioether (sulfide) groups is 1. The van der Waals surface area contributed by atoms with Crippen LogP contribution in [0.15, 0.2) is 72.1 Å². The van der Waals surface area contributed by atoms with Crippen LogP contribution in [0.4, 0.5) is 5.69 Å². The van der Waals surface area contributed by atoms with Gasteiger partial charge in [-0.25, -0.2) is 0 Å². The van der Waals surface area contributed by atoms with E-state index in [4.69, 9.17) is 4.74 Å². The normalized spacial score (nSPS) is 11.9. The van der Waals surface area contributed by atoms with Crippen molar-refractivity contribution < 1.29 is 9.53 Å². The number of carbonyl (C=O) groups is 1. The summed E-state index contributed by atoms with van der Waals surface area (Å²) >= 11 is 1.40. The number of carbonyl (C=O) groups excluding carboxylic acids is 1. The van der Waals surface area contributed by atoms with Crippen LogP contribution in [0.3, 0.4) is 0 Å². The topological polar surface area (TPSA) is 69.0 Å². The predicted octanol–water partition coefficient (Wildman–Crippen LogP) is 3.79. The van der Waals surface area contributed by atoms with Crippen molar-refractivity contribution in [2.45, 2.75) is 23.4 Å². The number of aryl methyl sites for hydroxylation is 1. The van der Waals surface area contributed by atoms with Gasteiger partial charge >= 0.3 is 0 Å². The molecule has 0 aliphatic carbocycles. The number of hydrogen-bond acceptors (Lipinski definition) is 5. The molecule has 3 aromatic rings. The molecule has 0 bridgehead atoms. The summed E-state index contributed by atoms with van der Waals surface area (Å²) in [7, 11) is 1.68. The van der Waals surface area contributed by atoms with E-state index < -0.39 is 5.25 Å². The number of anilines is 1. The number of nitrogens with one attached hydrogen (secondary N) is 1. The summed E-state index contributed by atoms with van der Waals surface area (Å²) in [5.74, 6) is -0.0937. The summed E-state index contributed by atoms with van der Waals surface area (Å²) in [6, 6.07) is 19.2. The van der Waals surface area contributed by atoms with Gasteiger partial charge < -0.3 is 14.6 Å². The lowest BCUT2D eigenvalue weighted by Crippen LogP contribution is -2.19. The zero-order valence-electron chi connectivity index (χ0n) is 15.1. The second-order valence-corrected chi connectivity index (χ2v) is 6.99. The molecule has 0 aliphatic rings. The first-order valence-electron chi connectivity index (χ1n) is 8.72. The summed E-state index contributed by atoms with van der Waals surface area (Å²) in [6.07, 6.45) is 2.55. The van der Waals surface area contributed by atoms with E-state index in [9.17, 15) is 4.79 Å². The van der Waals surface area contributed by atoms with Gasteiger partial charge in [0, 0.05) is 25.9 Å². The Morgan fingerprint density at radius 3 is 2.56 bits per heavy atom. The Kier molecular flexibility index (Phi) is 7.01. The van der Waals surface area contributed by atoms with Crippen LogP contribution in [0.5, 0.6) is 0 Å². The molecule has 1 amide bonds.